The van der Waals surface area contributed by atoms with Gasteiger partial charge in [0.15, 0.2) is 0 Å². The van der Waals surface area contributed by atoms with Crippen LogP contribution in [0, 0.1) is 10.1 Å². The Bertz CT molecular complexity index is 990. The van der Waals surface area contributed by atoms with Crippen molar-refractivity contribution in [1.82, 2.24) is 4.98 Å². The van der Waals surface area contributed by atoms with Gasteiger partial charge in [0.1, 0.15) is 5.69 Å². The molecule has 0 bridgehead atoms. The summed E-state index contributed by atoms with van der Waals surface area (Å²) in [7, 11) is 0. The molecule has 3 aromatic rings. The fourth-order valence-electron chi connectivity index (χ4n) is 2.69. The van der Waals surface area contributed by atoms with Crippen LogP contribution in [0.2, 0.25) is 5.15 Å². The van der Waals surface area contributed by atoms with Crippen molar-refractivity contribution in [3.63, 3.8) is 0 Å². The molecule has 1 aromatic heterocycles. The second kappa shape index (κ2) is 7.37. The summed E-state index contributed by atoms with van der Waals surface area (Å²) in [4.78, 5) is 26.1. The van der Waals surface area contributed by atoms with Crippen molar-refractivity contribution in [1.29, 1.82) is 0 Å². The van der Waals surface area contributed by atoms with E-state index >= 15 is 0 Å². The van der Waals surface area contributed by atoms with Gasteiger partial charge in [0, 0.05) is 17.5 Å². The second-order valence-electron chi connectivity index (χ2n) is 5.64. The second-order valence-corrected chi connectivity index (χ2v) is 6.00. The molecule has 0 saturated heterocycles. The summed E-state index contributed by atoms with van der Waals surface area (Å²) in [6, 6.07) is 14.0. The van der Waals surface area contributed by atoms with Gasteiger partial charge in [-0.2, -0.15) is 0 Å². The Hall–Kier alpha value is -3.19. The number of fused-ring (bicyclic) bond motifs is 1. The van der Waals surface area contributed by atoms with E-state index in [1.54, 1.807) is 48.5 Å². The van der Waals surface area contributed by atoms with Gasteiger partial charge in [0.2, 0.25) is 11.1 Å². The molecular formula is C18H15ClN4O3. The standard InChI is InChI=1S/C18H15ClN4O3/c19-17-16(23(25)26)15(13-3-1-2-4-14(13)22-17)21-10-9-11-5-7-12(8-6-11)18(20)24/h1-8H,9-10H2,(H2,20,24)(H,21,22). The van der Waals surface area contributed by atoms with Crippen LogP contribution in [0.4, 0.5) is 11.4 Å². The van der Waals surface area contributed by atoms with E-state index in [9.17, 15) is 14.9 Å². The van der Waals surface area contributed by atoms with Gasteiger partial charge in [-0.25, -0.2) is 4.98 Å². The zero-order valence-electron chi connectivity index (χ0n) is 13.6. The van der Waals surface area contributed by atoms with Crippen LogP contribution in [-0.2, 0) is 6.42 Å². The Morgan fingerprint density at radius 2 is 1.88 bits per heavy atom. The number of carbonyl (C=O) groups is 1. The van der Waals surface area contributed by atoms with E-state index in [-0.39, 0.29) is 10.8 Å². The molecule has 0 fully saturated rings. The average Bonchev–Trinajstić information content (AvgIpc) is 2.61. The number of nitro groups is 1. The number of amides is 1. The number of nitrogens with one attached hydrogen (secondary N) is 1. The summed E-state index contributed by atoms with van der Waals surface area (Å²) in [6.45, 7) is 0.446. The molecule has 2 aromatic carbocycles. The third kappa shape index (κ3) is 3.57. The van der Waals surface area contributed by atoms with E-state index in [2.05, 4.69) is 10.3 Å². The van der Waals surface area contributed by atoms with E-state index < -0.39 is 10.8 Å². The molecular weight excluding hydrogens is 356 g/mol. The van der Waals surface area contributed by atoms with Gasteiger partial charge in [0.25, 0.3) is 0 Å². The number of nitrogens with zero attached hydrogens (tertiary/aromatic N) is 2. The molecule has 3 rings (SSSR count). The highest BCUT2D eigenvalue weighted by Gasteiger charge is 2.23. The summed E-state index contributed by atoms with van der Waals surface area (Å²) in [6.07, 6.45) is 0.602. The molecule has 7 nitrogen and oxygen atoms in total. The number of hydrogen-bond donors (Lipinski definition) is 2. The van der Waals surface area contributed by atoms with Crippen molar-refractivity contribution >= 4 is 39.8 Å². The molecule has 0 radical (unpaired) electrons. The molecule has 0 saturated carbocycles. The predicted octanol–water partition coefficient (Wildman–Crippen LogP) is 3.55. The first-order valence-corrected chi connectivity index (χ1v) is 8.20. The van der Waals surface area contributed by atoms with E-state index in [1.807, 2.05) is 0 Å². The van der Waals surface area contributed by atoms with Crippen molar-refractivity contribution in [3.05, 3.63) is 74.9 Å². The first kappa shape index (κ1) is 17.6. The maximum Gasteiger partial charge on any atom is 0.329 e. The molecule has 0 aliphatic carbocycles. The third-order valence-electron chi connectivity index (χ3n) is 3.96. The van der Waals surface area contributed by atoms with Gasteiger partial charge in [0.05, 0.1) is 10.4 Å². The van der Waals surface area contributed by atoms with Crippen LogP contribution in [0.1, 0.15) is 15.9 Å². The van der Waals surface area contributed by atoms with Crippen molar-refractivity contribution in [3.8, 4) is 0 Å². The van der Waals surface area contributed by atoms with Gasteiger partial charge in [-0.1, -0.05) is 41.9 Å². The Morgan fingerprint density at radius 1 is 1.19 bits per heavy atom. The highest BCUT2D eigenvalue weighted by molar-refractivity contribution is 6.33. The van der Waals surface area contributed by atoms with Crippen LogP contribution < -0.4 is 11.1 Å². The summed E-state index contributed by atoms with van der Waals surface area (Å²) in [5, 5.41) is 15.0. The van der Waals surface area contributed by atoms with E-state index in [0.717, 1.165) is 5.56 Å². The van der Waals surface area contributed by atoms with Gasteiger partial charge in [-0.15, -0.1) is 0 Å². The van der Waals surface area contributed by atoms with Crippen LogP contribution in [0.5, 0.6) is 0 Å². The molecule has 0 atom stereocenters. The van der Waals surface area contributed by atoms with Gasteiger partial charge < -0.3 is 11.1 Å². The van der Waals surface area contributed by atoms with Gasteiger partial charge in [-0.3, -0.25) is 14.9 Å². The van der Waals surface area contributed by atoms with Crippen molar-refractivity contribution in [2.75, 3.05) is 11.9 Å². The number of halogens is 1. The summed E-state index contributed by atoms with van der Waals surface area (Å²) < 4.78 is 0. The van der Waals surface area contributed by atoms with E-state index in [1.165, 1.54) is 0 Å². The fraction of sp³-hybridized carbons (Fsp3) is 0.111. The number of rotatable bonds is 6. The first-order valence-electron chi connectivity index (χ1n) is 7.82. The molecule has 1 heterocycles. The monoisotopic (exact) mass is 370 g/mol. The van der Waals surface area contributed by atoms with Crippen LogP contribution >= 0.6 is 11.6 Å². The number of anilines is 1. The summed E-state index contributed by atoms with van der Waals surface area (Å²) in [5.41, 5.74) is 7.31. The SMILES string of the molecule is NC(=O)c1ccc(CCNc2c([N+](=O)[O-])c(Cl)nc3ccccc23)cc1. The molecule has 8 heteroatoms. The largest absolute Gasteiger partial charge is 0.378 e. The van der Waals surface area contributed by atoms with Crippen LogP contribution in [0.3, 0.4) is 0 Å². The van der Waals surface area contributed by atoms with E-state index in [4.69, 9.17) is 17.3 Å². The number of nitrogens with two attached hydrogens (primary N) is 1. The normalized spacial score (nSPS) is 10.7. The smallest absolute Gasteiger partial charge is 0.329 e. The quantitative estimate of drug-likeness (QED) is 0.391. The van der Waals surface area contributed by atoms with Crippen molar-refractivity contribution in [2.24, 2.45) is 5.73 Å². The minimum atomic E-state index is -0.536. The molecule has 0 aliphatic heterocycles. The van der Waals surface area contributed by atoms with Crippen molar-refractivity contribution < 1.29 is 9.72 Å². The Labute approximate surface area is 153 Å². The lowest BCUT2D eigenvalue weighted by molar-refractivity contribution is -0.384. The lowest BCUT2D eigenvalue weighted by Gasteiger charge is -2.11. The number of benzene rings is 2. The average molecular weight is 371 g/mol. The third-order valence-corrected chi connectivity index (χ3v) is 4.22. The maximum absolute atomic E-state index is 11.4. The lowest BCUT2D eigenvalue weighted by Crippen LogP contribution is -2.11. The molecule has 0 unspecified atom stereocenters. The first-order chi connectivity index (χ1) is 12.5. The number of primary amides is 1. The number of para-hydroxylation sites is 1. The maximum atomic E-state index is 11.4. The van der Waals surface area contributed by atoms with Crippen molar-refractivity contribution in [2.45, 2.75) is 6.42 Å². The zero-order chi connectivity index (χ0) is 18.7. The Morgan fingerprint density at radius 3 is 2.54 bits per heavy atom. The highest BCUT2D eigenvalue weighted by Crippen LogP contribution is 2.37. The fourth-order valence-corrected chi connectivity index (χ4v) is 2.94. The number of pyridine rings is 1. The molecule has 26 heavy (non-hydrogen) atoms. The van der Waals surface area contributed by atoms with Crippen LogP contribution in [0.15, 0.2) is 48.5 Å². The Balaban J connectivity index is 1.85. The Kier molecular flexibility index (Phi) is 4.99. The van der Waals surface area contributed by atoms with E-state index in [0.29, 0.717) is 35.1 Å². The van der Waals surface area contributed by atoms with Gasteiger partial charge in [-0.05, 0) is 30.2 Å². The van der Waals surface area contributed by atoms with Crippen LogP contribution in [0.25, 0.3) is 10.9 Å². The minimum Gasteiger partial charge on any atom is -0.378 e. The minimum absolute atomic E-state index is 0.151. The molecule has 1 amide bonds. The molecule has 0 spiro atoms. The summed E-state index contributed by atoms with van der Waals surface area (Å²) in [5.74, 6) is -0.483. The number of carbonyl (C=O) groups excluding carboxylic acids is 1. The topological polar surface area (TPSA) is 111 Å². The zero-order valence-corrected chi connectivity index (χ0v) is 14.4. The lowest BCUT2D eigenvalue weighted by atomic mass is 10.1. The predicted molar refractivity (Wildman–Crippen MR) is 101 cm³/mol. The highest BCUT2D eigenvalue weighted by atomic mass is 35.5. The summed E-state index contributed by atoms with van der Waals surface area (Å²) >= 11 is 6.01. The number of aromatic nitrogens is 1. The van der Waals surface area contributed by atoms with Gasteiger partial charge >= 0.3 is 5.69 Å². The molecule has 0 aliphatic rings. The van der Waals surface area contributed by atoms with Crippen LogP contribution in [-0.4, -0.2) is 22.4 Å². The number of hydrogen-bond acceptors (Lipinski definition) is 5. The molecule has 132 valence electrons. The molecule has 3 N–H and O–H groups in total.